The van der Waals surface area contributed by atoms with Gasteiger partial charge in [-0.15, -0.1) is 0 Å². The molecule has 11 heteroatoms. The van der Waals surface area contributed by atoms with Crippen molar-refractivity contribution < 1.29 is 47.8 Å². The van der Waals surface area contributed by atoms with Gasteiger partial charge in [-0.25, -0.2) is 4.57 Å². The molecular formula is C46H71O10P. The van der Waals surface area contributed by atoms with Crippen molar-refractivity contribution in [2.75, 3.05) is 26.4 Å². The highest BCUT2D eigenvalue weighted by Gasteiger charge is 2.27. The molecule has 3 atom stereocenters. The molecule has 57 heavy (non-hydrogen) atoms. The minimum Gasteiger partial charge on any atom is -0.462 e. The van der Waals surface area contributed by atoms with Gasteiger partial charge in [-0.1, -0.05) is 155 Å². The average molecular weight is 815 g/mol. The third-order valence-electron chi connectivity index (χ3n) is 7.72. The van der Waals surface area contributed by atoms with Crippen molar-refractivity contribution in [3.8, 4) is 0 Å². The second kappa shape index (κ2) is 40.6. The lowest BCUT2D eigenvalue weighted by molar-refractivity contribution is -0.161. The number of esters is 2. The number of carbonyl (C=O) groups excluding carboxylic acids is 2. The summed E-state index contributed by atoms with van der Waals surface area (Å²) >= 11 is 0. The molecule has 0 radical (unpaired) electrons. The fourth-order valence-corrected chi connectivity index (χ4v) is 5.40. The van der Waals surface area contributed by atoms with Gasteiger partial charge in [0.1, 0.15) is 12.7 Å². The van der Waals surface area contributed by atoms with Crippen LogP contribution in [0.4, 0.5) is 0 Å². The highest BCUT2D eigenvalue weighted by molar-refractivity contribution is 7.47. The molecule has 0 rings (SSSR count). The molecule has 1 unspecified atom stereocenters. The van der Waals surface area contributed by atoms with Gasteiger partial charge in [-0.3, -0.25) is 18.6 Å². The minimum atomic E-state index is -4.65. The lowest BCUT2D eigenvalue weighted by atomic mass is 10.1. The molecule has 0 aliphatic rings. The zero-order valence-corrected chi connectivity index (χ0v) is 35.4. The van der Waals surface area contributed by atoms with E-state index in [0.717, 1.165) is 77.0 Å². The van der Waals surface area contributed by atoms with Crippen LogP contribution in [0.25, 0.3) is 0 Å². The summed E-state index contributed by atoms with van der Waals surface area (Å²) in [5.41, 5.74) is 0. The number of phosphoric acid groups is 1. The van der Waals surface area contributed by atoms with Crippen molar-refractivity contribution in [2.24, 2.45) is 0 Å². The van der Waals surface area contributed by atoms with Gasteiger partial charge in [0, 0.05) is 12.8 Å². The smallest absolute Gasteiger partial charge is 0.462 e. The van der Waals surface area contributed by atoms with E-state index >= 15 is 0 Å². The molecule has 0 saturated carbocycles. The number of ether oxygens (including phenoxy) is 2. The number of phosphoric ester groups is 1. The summed E-state index contributed by atoms with van der Waals surface area (Å²) in [6.07, 6.45) is 51.8. The van der Waals surface area contributed by atoms with Crippen LogP contribution in [0.5, 0.6) is 0 Å². The lowest BCUT2D eigenvalue weighted by Crippen LogP contribution is -2.29. The third-order valence-corrected chi connectivity index (χ3v) is 8.67. The number of unbranched alkanes of at least 4 members (excludes halogenated alkanes) is 5. The van der Waals surface area contributed by atoms with E-state index in [4.69, 9.17) is 19.1 Å². The van der Waals surface area contributed by atoms with E-state index in [2.05, 4.69) is 91.3 Å². The van der Waals surface area contributed by atoms with E-state index in [9.17, 15) is 24.2 Å². The molecule has 0 spiro atoms. The fourth-order valence-electron chi connectivity index (χ4n) is 4.62. The van der Waals surface area contributed by atoms with E-state index < -0.39 is 51.8 Å². The summed E-state index contributed by atoms with van der Waals surface area (Å²) < 4.78 is 32.6. The molecule has 0 saturated heterocycles. The Morgan fingerprint density at radius 2 is 1.04 bits per heavy atom. The number of aliphatic hydroxyl groups excluding tert-OH is 2. The molecular weight excluding hydrogens is 743 g/mol. The molecule has 0 amide bonds. The van der Waals surface area contributed by atoms with Gasteiger partial charge in [0.15, 0.2) is 6.10 Å². The SMILES string of the molecule is CC/C=C/C=C/C=C/C=C/CCCCCCCC(=O)O[C@H](COC(=O)CC/C=C/C/C=C/C/C=C/C/C=C/C/C=C/C/C=C/CC)COP(=O)(O)OC[C@@H](O)CO. The predicted octanol–water partition coefficient (Wildman–Crippen LogP) is 10.8. The maximum Gasteiger partial charge on any atom is 0.472 e. The Kier molecular flexibility index (Phi) is 38.0. The van der Waals surface area contributed by atoms with Crippen molar-refractivity contribution in [2.45, 2.75) is 129 Å². The molecule has 0 aromatic heterocycles. The summed E-state index contributed by atoms with van der Waals surface area (Å²) in [5, 5.41) is 18.3. The lowest BCUT2D eigenvalue weighted by Gasteiger charge is -2.20. The quantitative estimate of drug-likeness (QED) is 0.0183. The van der Waals surface area contributed by atoms with Crippen LogP contribution in [0.15, 0.2) is 122 Å². The summed E-state index contributed by atoms with van der Waals surface area (Å²) in [6.45, 7) is 1.97. The second-order valence-corrected chi connectivity index (χ2v) is 14.4. The Morgan fingerprint density at radius 3 is 1.61 bits per heavy atom. The number of aliphatic hydroxyl groups is 2. The van der Waals surface area contributed by atoms with Gasteiger partial charge in [0.2, 0.25) is 0 Å². The first kappa shape index (κ1) is 53.4. The maximum absolute atomic E-state index is 12.6. The molecule has 0 aliphatic carbocycles. The summed E-state index contributed by atoms with van der Waals surface area (Å²) in [4.78, 5) is 34.9. The fraction of sp³-hybridized carbons (Fsp3) is 0.522. The monoisotopic (exact) mass is 814 g/mol. The van der Waals surface area contributed by atoms with Gasteiger partial charge in [-0.2, -0.15) is 0 Å². The Morgan fingerprint density at radius 1 is 0.544 bits per heavy atom. The summed E-state index contributed by atoms with van der Waals surface area (Å²) in [6, 6.07) is 0. The predicted molar refractivity (Wildman–Crippen MR) is 232 cm³/mol. The van der Waals surface area contributed by atoms with E-state index in [1.807, 2.05) is 48.6 Å². The van der Waals surface area contributed by atoms with Gasteiger partial charge in [0.25, 0.3) is 0 Å². The standard InChI is InChI=1S/C46H71O10P/c1-3-5-7-9-11-13-15-17-19-20-21-22-24-25-27-29-31-33-35-37-45(49)53-41-44(42-55-57(51,52)54-40-43(48)39-47)56-46(50)38-36-34-32-30-28-26-23-18-16-14-12-10-8-6-4-2/h5-8,10-14,16-19,21-23,25,27,31,33,43-44,47-48H,3-4,9,15,20,24,26,28-30,32,34-42H2,1-2H3,(H,51,52)/b7-5+,8-6+,12-10+,13-11+,16-14+,19-17+,22-21+,23-18+,27-25+,33-31+/t43-,44+/m0/s1. The molecule has 0 fully saturated rings. The largest absolute Gasteiger partial charge is 0.472 e. The zero-order chi connectivity index (χ0) is 41.9. The molecule has 3 N–H and O–H groups in total. The molecule has 10 nitrogen and oxygen atoms in total. The Balaban J connectivity index is 4.52. The van der Waals surface area contributed by atoms with Gasteiger partial charge in [0.05, 0.1) is 19.8 Å². The average Bonchev–Trinajstić information content (AvgIpc) is 3.20. The van der Waals surface area contributed by atoms with Crippen LogP contribution >= 0.6 is 7.82 Å². The summed E-state index contributed by atoms with van der Waals surface area (Å²) in [7, 11) is -4.65. The van der Waals surface area contributed by atoms with Crippen LogP contribution in [0.1, 0.15) is 117 Å². The van der Waals surface area contributed by atoms with E-state index in [1.165, 1.54) is 0 Å². The Hall–Kier alpha value is -3.63. The first-order valence-electron chi connectivity index (χ1n) is 20.5. The molecule has 0 heterocycles. The van der Waals surface area contributed by atoms with Crippen molar-refractivity contribution >= 4 is 19.8 Å². The minimum absolute atomic E-state index is 0.102. The molecule has 0 aliphatic heterocycles. The number of allylic oxidation sites excluding steroid dienone is 20. The second-order valence-electron chi connectivity index (χ2n) is 13.0. The van der Waals surface area contributed by atoms with Gasteiger partial charge < -0.3 is 24.6 Å². The van der Waals surface area contributed by atoms with Gasteiger partial charge in [-0.05, 0) is 70.6 Å². The first-order valence-corrected chi connectivity index (χ1v) is 22.0. The Bertz CT molecular complexity index is 1350. The van der Waals surface area contributed by atoms with Crippen LogP contribution in [-0.4, -0.2) is 65.7 Å². The van der Waals surface area contributed by atoms with Crippen LogP contribution in [0.2, 0.25) is 0 Å². The van der Waals surface area contributed by atoms with Crippen molar-refractivity contribution in [1.29, 1.82) is 0 Å². The first-order chi connectivity index (χ1) is 27.7. The van der Waals surface area contributed by atoms with E-state index in [1.54, 1.807) is 0 Å². The number of carbonyl (C=O) groups is 2. The topological polar surface area (TPSA) is 149 Å². The molecule has 0 aromatic carbocycles. The number of hydrogen-bond donors (Lipinski definition) is 3. The molecule has 0 bridgehead atoms. The number of hydrogen-bond acceptors (Lipinski definition) is 9. The third kappa shape index (κ3) is 40.4. The maximum atomic E-state index is 12.6. The highest BCUT2D eigenvalue weighted by atomic mass is 31.2. The Labute approximate surface area is 343 Å². The van der Waals surface area contributed by atoms with Crippen LogP contribution in [0.3, 0.4) is 0 Å². The van der Waals surface area contributed by atoms with Crippen LogP contribution < -0.4 is 0 Å². The highest BCUT2D eigenvalue weighted by Crippen LogP contribution is 2.43. The van der Waals surface area contributed by atoms with E-state index in [0.29, 0.717) is 12.8 Å². The normalized spacial score (nSPS) is 15.1. The van der Waals surface area contributed by atoms with Crippen molar-refractivity contribution in [3.63, 3.8) is 0 Å². The van der Waals surface area contributed by atoms with E-state index in [-0.39, 0.29) is 19.4 Å². The molecule has 0 aromatic rings. The van der Waals surface area contributed by atoms with Crippen molar-refractivity contribution in [3.05, 3.63) is 122 Å². The summed E-state index contributed by atoms with van der Waals surface area (Å²) in [5.74, 6) is -1.07. The number of rotatable bonds is 36. The van der Waals surface area contributed by atoms with Gasteiger partial charge >= 0.3 is 19.8 Å². The van der Waals surface area contributed by atoms with Crippen LogP contribution in [0, 0.1) is 0 Å². The van der Waals surface area contributed by atoms with Crippen LogP contribution in [-0.2, 0) is 32.7 Å². The molecule has 320 valence electrons. The zero-order valence-electron chi connectivity index (χ0n) is 34.5. The van der Waals surface area contributed by atoms with Crippen molar-refractivity contribution in [1.82, 2.24) is 0 Å².